The van der Waals surface area contributed by atoms with E-state index in [0.29, 0.717) is 24.1 Å². The van der Waals surface area contributed by atoms with Crippen LogP contribution in [0.2, 0.25) is 0 Å². The van der Waals surface area contributed by atoms with Crippen LogP contribution in [0.1, 0.15) is 31.7 Å². The first-order valence-corrected chi connectivity index (χ1v) is 13.3. The highest BCUT2D eigenvalue weighted by atomic mass is 19.4. The molecule has 9 nitrogen and oxygen atoms in total. The molecule has 212 valence electrons. The molecule has 2 N–H and O–H groups in total. The maximum atomic E-state index is 14.9. The molecule has 9 unspecified atom stereocenters. The monoisotopic (exact) mass is 561 g/mol. The number of nitrogens with zero attached hydrogens (tertiary/aromatic N) is 3. The topological polar surface area (TPSA) is 123 Å². The number of hydrogen-bond donors (Lipinski definition) is 2. The van der Waals surface area contributed by atoms with Crippen molar-refractivity contribution < 1.29 is 36.7 Å². The Labute approximate surface area is 226 Å². The molecule has 2 saturated carbocycles. The third-order valence-electron chi connectivity index (χ3n) is 9.70. The van der Waals surface area contributed by atoms with Crippen molar-refractivity contribution in [1.29, 1.82) is 5.26 Å². The molecule has 1 aromatic rings. The lowest BCUT2D eigenvalue weighted by Crippen LogP contribution is -2.57. The van der Waals surface area contributed by atoms with Crippen molar-refractivity contribution in [1.82, 2.24) is 15.1 Å². The van der Waals surface area contributed by atoms with E-state index in [0.717, 1.165) is 11.8 Å². The number of benzene rings is 1. The average Bonchev–Trinajstić information content (AvgIpc) is 3.69. The highest BCUT2D eigenvalue weighted by molar-refractivity contribution is 6.07. The molecule has 13 heteroatoms. The minimum absolute atomic E-state index is 0.0304. The number of alkyl halides is 4. The van der Waals surface area contributed by atoms with E-state index in [4.69, 9.17) is 0 Å². The Hall–Kier alpha value is -3.69. The fourth-order valence-corrected chi connectivity index (χ4v) is 7.99. The van der Waals surface area contributed by atoms with Gasteiger partial charge in [0.2, 0.25) is 17.7 Å². The van der Waals surface area contributed by atoms with Gasteiger partial charge in [-0.05, 0) is 55.1 Å². The molecule has 4 amide bonds. The summed E-state index contributed by atoms with van der Waals surface area (Å²) < 4.78 is 53.5. The molecule has 2 aliphatic carbocycles. The summed E-state index contributed by atoms with van der Waals surface area (Å²) in [5, 5.41) is 14.5. The van der Waals surface area contributed by atoms with Gasteiger partial charge in [-0.15, -0.1) is 0 Å². The van der Waals surface area contributed by atoms with Gasteiger partial charge in [0, 0.05) is 25.2 Å². The number of fused-ring (bicyclic) bond motifs is 7. The second-order valence-electron chi connectivity index (χ2n) is 11.7. The van der Waals surface area contributed by atoms with E-state index in [1.165, 1.54) is 4.90 Å². The molecule has 2 bridgehead atoms. The first-order valence-electron chi connectivity index (χ1n) is 13.3. The van der Waals surface area contributed by atoms with E-state index in [1.807, 2.05) is 0 Å². The van der Waals surface area contributed by atoms with Crippen LogP contribution in [-0.2, 0) is 24.6 Å². The molecule has 1 spiro atoms. The van der Waals surface area contributed by atoms with Gasteiger partial charge in [0.15, 0.2) is 0 Å². The van der Waals surface area contributed by atoms with Crippen LogP contribution in [0.5, 0.6) is 0 Å². The number of likely N-dealkylation sites (tertiary alicyclic amines) is 2. The Morgan fingerprint density at radius 3 is 2.60 bits per heavy atom. The van der Waals surface area contributed by atoms with Gasteiger partial charge in [0.25, 0.3) is 0 Å². The maximum absolute atomic E-state index is 14.9. The molecule has 9 atom stereocenters. The summed E-state index contributed by atoms with van der Waals surface area (Å²) in [5.41, 5.74) is 0.0592. The SMILES string of the molecule is CC(NC(=O)C(F)(F)F)C(=O)N1CC2C3CC(F)C(C3)C2C1C(=O)N1CC2(CC1C#N)C(=O)Nc1ccccc12. The van der Waals surface area contributed by atoms with Crippen molar-refractivity contribution in [2.75, 3.05) is 18.4 Å². The highest BCUT2D eigenvalue weighted by Gasteiger charge is 2.65. The van der Waals surface area contributed by atoms with E-state index in [9.17, 15) is 42.0 Å². The average molecular weight is 562 g/mol. The molecule has 2 saturated heterocycles. The van der Waals surface area contributed by atoms with Gasteiger partial charge in [0.1, 0.15) is 24.3 Å². The summed E-state index contributed by atoms with van der Waals surface area (Å²) in [6, 6.07) is 5.26. The third kappa shape index (κ3) is 3.71. The quantitative estimate of drug-likeness (QED) is 0.546. The van der Waals surface area contributed by atoms with Gasteiger partial charge in [-0.25, -0.2) is 4.39 Å². The summed E-state index contributed by atoms with van der Waals surface area (Å²) >= 11 is 0. The molecule has 3 heterocycles. The van der Waals surface area contributed by atoms with E-state index in [1.54, 1.807) is 29.6 Å². The lowest BCUT2D eigenvalue weighted by Gasteiger charge is -2.36. The molecule has 5 aliphatic rings. The zero-order valence-electron chi connectivity index (χ0n) is 21.5. The van der Waals surface area contributed by atoms with Gasteiger partial charge in [-0.1, -0.05) is 18.2 Å². The number of carbonyl (C=O) groups is 4. The molecule has 1 aromatic carbocycles. The van der Waals surface area contributed by atoms with Crippen molar-refractivity contribution in [3.05, 3.63) is 29.8 Å². The summed E-state index contributed by atoms with van der Waals surface area (Å²) in [6.45, 7) is 1.02. The summed E-state index contributed by atoms with van der Waals surface area (Å²) in [7, 11) is 0. The predicted octanol–water partition coefficient (Wildman–Crippen LogP) is 1.89. The second kappa shape index (κ2) is 8.91. The molecule has 4 fully saturated rings. The normalized spacial score (nSPS) is 36.3. The van der Waals surface area contributed by atoms with Crippen LogP contribution in [0.15, 0.2) is 24.3 Å². The molecule has 0 radical (unpaired) electrons. The molecule has 6 rings (SSSR count). The number of rotatable bonds is 3. The Morgan fingerprint density at radius 1 is 1.18 bits per heavy atom. The first kappa shape index (κ1) is 26.5. The molecular formula is C27H27F4N5O4. The number of amides is 4. The number of anilines is 1. The van der Waals surface area contributed by atoms with Crippen molar-refractivity contribution in [2.45, 2.75) is 62.1 Å². The lowest BCUT2D eigenvalue weighted by atomic mass is 9.77. The van der Waals surface area contributed by atoms with Gasteiger partial charge in [0.05, 0.1) is 11.5 Å². The van der Waals surface area contributed by atoms with E-state index < -0.39 is 65.4 Å². The number of halogens is 4. The van der Waals surface area contributed by atoms with Crippen molar-refractivity contribution in [3.63, 3.8) is 0 Å². The van der Waals surface area contributed by atoms with Crippen LogP contribution in [0.4, 0.5) is 23.2 Å². The van der Waals surface area contributed by atoms with E-state index >= 15 is 0 Å². The highest BCUT2D eigenvalue weighted by Crippen LogP contribution is 2.59. The Kier molecular flexibility index (Phi) is 5.91. The number of hydrogen-bond acceptors (Lipinski definition) is 5. The van der Waals surface area contributed by atoms with Crippen LogP contribution >= 0.6 is 0 Å². The predicted molar refractivity (Wildman–Crippen MR) is 130 cm³/mol. The summed E-state index contributed by atoms with van der Waals surface area (Å²) in [4.78, 5) is 54.9. The fraction of sp³-hybridized carbons (Fsp3) is 0.593. The van der Waals surface area contributed by atoms with Crippen molar-refractivity contribution >= 4 is 29.3 Å². The van der Waals surface area contributed by atoms with Crippen molar-refractivity contribution in [3.8, 4) is 6.07 Å². The van der Waals surface area contributed by atoms with Crippen LogP contribution in [-0.4, -0.2) is 77.0 Å². The zero-order valence-corrected chi connectivity index (χ0v) is 21.5. The standard InChI is InChI=1S/C27H27F4N5O4/c1-12(33-25(40)27(29,30)31)22(37)35-10-16-13-6-15(18(28)7-13)20(16)21(35)23(38)36-11-26(8-14(36)9-32)17-4-2-3-5-19(17)34-24(26)39/h2-5,12-16,18,20-21H,6-8,10-11H2,1H3,(H,33,40)(H,34,39). The van der Waals surface area contributed by atoms with Crippen molar-refractivity contribution in [2.24, 2.45) is 23.7 Å². The number of nitrogens with one attached hydrogen (secondary N) is 2. The summed E-state index contributed by atoms with van der Waals surface area (Å²) in [6.07, 6.45) is -5.51. The molecule has 3 aliphatic heterocycles. The number of nitriles is 1. The van der Waals surface area contributed by atoms with Gasteiger partial charge < -0.3 is 20.4 Å². The smallest absolute Gasteiger partial charge is 0.337 e. The minimum Gasteiger partial charge on any atom is -0.337 e. The zero-order chi connectivity index (χ0) is 28.7. The molecule has 40 heavy (non-hydrogen) atoms. The molecule has 0 aromatic heterocycles. The van der Waals surface area contributed by atoms with Crippen LogP contribution < -0.4 is 10.6 Å². The van der Waals surface area contributed by atoms with E-state index in [-0.39, 0.29) is 37.3 Å². The number of para-hydroxylation sites is 1. The third-order valence-corrected chi connectivity index (χ3v) is 9.70. The molecular weight excluding hydrogens is 534 g/mol. The van der Waals surface area contributed by atoms with Gasteiger partial charge in [-0.3, -0.25) is 19.2 Å². The minimum atomic E-state index is -5.20. The Morgan fingerprint density at radius 2 is 1.90 bits per heavy atom. The summed E-state index contributed by atoms with van der Waals surface area (Å²) in [5.74, 6) is -5.53. The lowest BCUT2D eigenvalue weighted by molar-refractivity contribution is -0.175. The largest absolute Gasteiger partial charge is 0.471 e. The number of carbonyl (C=O) groups excluding carboxylic acids is 4. The fourth-order valence-electron chi connectivity index (χ4n) is 7.99. The Bertz CT molecular complexity index is 1350. The van der Waals surface area contributed by atoms with Gasteiger partial charge in [-0.2, -0.15) is 18.4 Å². The van der Waals surface area contributed by atoms with Crippen LogP contribution in [0.25, 0.3) is 0 Å². The van der Waals surface area contributed by atoms with Crippen LogP contribution in [0, 0.1) is 35.0 Å². The second-order valence-corrected chi connectivity index (χ2v) is 11.7. The maximum Gasteiger partial charge on any atom is 0.471 e. The Balaban J connectivity index is 1.33. The first-order chi connectivity index (χ1) is 18.9. The van der Waals surface area contributed by atoms with E-state index in [2.05, 4.69) is 11.4 Å². The van der Waals surface area contributed by atoms with Crippen LogP contribution in [0.3, 0.4) is 0 Å². The van der Waals surface area contributed by atoms with Gasteiger partial charge >= 0.3 is 12.1 Å².